The number of aromatic nitrogens is 1. The largest absolute Gasteiger partial charge is 0.317 e. The molecule has 1 aromatic carbocycles. The number of halogens is 3. The number of anilines is 1. The highest BCUT2D eigenvalue weighted by atomic mass is 35.5. The van der Waals surface area contributed by atoms with Crippen molar-refractivity contribution in [2.75, 3.05) is 18.0 Å². The third kappa shape index (κ3) is 3.02. The summed E-state index contributed by atoms with van der Waals surface area (Å²) in [6, 6.07) is 9.24. The predicted octanol–water partition coefficient (Wildman–Crippen LogP) is 3.98. The zero-order chi connectivity index (χ0) is 16.7. The molecule has 1 N–H and O–H groups in total. The van der Waals surface area contributed by atoms with E-state index in [-0.39, 0.29) is 18.3 Å². The molecule has 1 saturated heterocycles. The van der Waals surface area contributed by atoms with Crippen molar-refractivity contribution in [3.63, 3.8) is 0 Å². The molecule has 0 saturated carbocycles. The van der Waals surface area contributed by atoms with E-state index >= 15 is 0 Å². The predicted molar refractivity (Wildman–Crippen MR) is 103 cm³/mol. The molecular weight excluding hydrogens is 381 g/mol. The molecule has 3 heterocycles. The summed E-state index contributed by atoms with van der Waals surface area (Å²) in [7, 11) is 0. The number of fused-ring (bicyclic) bond motifs is 2. The van der Waals surface area contributed by atoms with Crippen molar-refractivity contribution in [1.29, 1.82) is 0 Å². The van der Waals surface area contributed by atoms with Gasteiger partial charge < -0.3 is 10.2 Å². The van der Waals surface area contributed by atoms with Crippen LogP contribution in [-0.4, -0.2) is 24.0 Å². The normalized spacial score (nSPS) is 18.2. The Labute approximate surface area is 162 Å². The summed E-state index contributed by atoms with van der Waals surface area (Å²) in [4.78, 5) is 19.7. The van der Waals surface area contributed by atoms with Crippen molar-refractivity contribution in [2.24, 2.45) is 0 Å². The van der Waals surface area contributed by atoms with Gasteiger partial charge in [0.2, 0.25) is 5.91 Å². The Balaban J connectivity index is 0.00000182. The van der Waals surface area contributed by atoms with Crippen LogP contribution in [0.25, 0.3) is 0 Å². The molecule has 25 heavy (non-hydrogen) atoms. The van der Waals surface area contributed by atoms with E-state index in [2.05, 4.69) is 10.3 Å². The van der Waals surface area contributed by atoms with Crippen LogP contribution in [0.5, 0.6) is 0 Å². The summed E-state index contributed by atoms with van der Waals surface area (Å²) in [5.41, 5.74) is 2.19. The van der Waals surface area contributed by atoms with E-state index in [0.717, 1.165) is 42.9 Å². The SMILES string of the molecule is Cl.O=C1N(Cc2ccc(Cl)cc2Cl)c2cccnc2C12CCNCC2. The van der Waals surface area contributed by atoms with Crippen LogP contribution in [-0.2, 0) is 16.8 Å². The molecule has 2 aliphatic heterocycles. The summed E-state index contributed by atoms with van der Waals surface area (Å²) < 4.78 is 0. The fourth-order valence-corrected chi connectivity index (χ4v) is 4.20. The average Bonchev–Trinajstić information content (AvgIpc) is 2.81. The lowest BCUT2D eigenvalue weighted by molar-refractivity contribution is -0.124. The van der Waals surface area contributed by atoms with E-state index in [0.29, 0.717) is 16.6 Å². The van der Waals surface area contributed by atoms with Crippen molar-refractivity contribution < 1.29 is 4.79 Å². The highest BCUT2D eigenvalue weighted by Crippen LogP contribution is 2.46. The number of carbonyl (C=O) groups excluding carboxylic acids is 1. The van der Waals surface area contributed by atoms with E-state index < -0.39 is 5.41 Å². The molecule has 132 valence electrons. The average molecular weight is 399 g/mol. The van der Waals surface area contributed by atoms with Gasteiger partial charge in [0.05, 0.1) is 23.3 Å². The quantitative estimate of drug-likeness (QED) is 0.832. The zero-order valence-electron chi connectivity index (χ0n) is 13.5. The number of pyridine rings is 1. The van der Waals surface area contributed by atoms with Crippen LogP contribution < -0.4 is 10.2 Å². The minimum Gasteiger partial charge on any atom is -0.317 e. The topological polar surface area (TPSA) is 45.2 Å². The molecule has 1 spiro atoms. The van der Waals surface area contributed by atoms with Crippen LogP contribution in [0.1, 0.15) is 24.1 Å². The van der Waals surface area contributed by atoms with E-state index in [1.807, 2.05) is 23.1 Å². The minimum atomic E-state index is -0.499. The van der Waals surface area contributed by atoms with E-state index in [4.69, 9.17) is 23.2 Å². The lowest BCUT2D eigenvalue weighted by Gasteiger charge is -2.32. The molecule has 4 nitrogen and oxygen atoms in total. The number of benzene rings is 1. The first-order chi connectivity index (χ1) is 11.6. The van der Waals surface area contributed by atoms with Crippen molar-refractivity contribution in [2.45, 2.75) is 24.8 Å². The molecule has 0 atom stereocenters. The standard InChI is InChI=1S/C18H17Cl2N3O.ClH/c19-13-4-3-12(14(20)10-13)11-23-15-2-1-7-22-16(15)18(17(23)24)5-8-21-9-6-18;/h1-4,7,10,21H,5-6,8-9,11H2;1H. The minimum absolute atomic E-state index is 0. The number of nitrogens with zero attached hydrogens (tertiary/aromatic N) is 2. The Hall–Kier alpha value is -1.33. The molecular formula is C18H18Cl3N3O. The fourth-order valence-electron chi connectivity index (χ4n) is 3.73. The molecule has 2 aliphatic rings. The summed E-state index contributed by atoms with van der Waals surface area (Å²) in [6.45, 7) is 2.09. The third-order valence-electron chi connectivity index (χ3n) is 4.99. The molecule has 1 fully saturated rings. The number of amides is 1. The number of hydrogen-bond acceptors (Lipinski definition) is 3. The van der Waals surface area contributed by atoms with Crippen LogP contribution in [0.3, 0.4) is 0 Å². The van der Waals surface area contributed by atoms with Crippen LogP contribution >= 0.6 is 35.6 Å². The summed E-state index contributed by atoms with van der Waals surface area (Å²) in [5.74, 6) is 0.128. The number of piperidine rings is 1. The first kappa shape index (κ1) is 18.5. The Morgan fingerprint density at radius 1 is 1.20 bits per heavy atom. The van der Waals surface area contributed by atoms with Crippen LogP contribution in [0.2, 0.25) is 10.0 Å². The first-order valence-electron chi connectivity index (χ1n) is 8.04. The Morgan fingerprint density at radius 3 is 2.68 bits per heavy atom. The molecule has 2 aromatic rings. The number of rotatable bonds is 2. The molecule has 7 heteroatoms. The molecule has 0 bridgehead atoms. The van der Waals surface area contributed by atoms with E-state index in [1.165, 1.54) is 0 Å². The molecule has 0 radical (unpaired) electrons. The Morgan fingerprint density at radius 2 is 1.96 bits per heavy atom. The van der Waals surface area contributed by atoms with Gasteiger partial charge in [0.1, 0.15) is 0 Å². The van der Waals surface area contributed by atoms with Gasteiger partial charge in [-0.1, -0.05) is 29.3 Å². The number of carbonyl (C=O) groups is 1. The second-order valence-electron chi connectivity index (χ2n) is 6.33. The van der Waals surface area contributed by atoms with Gasteiger partial charge in [-0.3, -0.25) is 9.78 Å². The van der Waals surface area contributed by atoms with Gasteiger partial charge in [-0.05, 0) is 55.8 Å². The number of nitrogens with one attached hydrogen (secondary N) is 1. The maximum absolute atomic E-state index is 13.3. The first-order valence-corrected chi connectivity index (χ1v) is 8.79. The van der Waals surface area contributed by atoms with Crippen LogP contribution in [0.15, 0.2) is 36.5 Å². The highest BCUT2D eigenvalue weighted by Gasteiger charge is 2.52. The van der Waals surface area contributed by atoms with Crippen molar-refractivity contribution >= 4 is 47.2 Å². The molecule has 1 aromatic heterocycles. The zero-order valence-corrected chi connectivity index (χ0v) is 15.8. The second-order valence-corrected chi connectivity index (χ2v) is 7.17. The smallest absolute Gasteiger partial charge is 0.239 e. The lowest BCUT2D eigenvalue weighted by atomic mass is 9.76. The monoisotopic (exact) mass is 397 g/mol. The van der Waals surface area contributed by atoms with Gasteiger partial charge in [0, 0.05) is 16.2 Å². The van der Waals surface area contributed by atoms with Crippen LogP contribution in [0.4, 0.5) is 5.69 Å². The van der Waals surface area contributed by atoms with Gasteiger partial charge >= 0.3 is 0 Å². The Kier molecular flexibility index (Phi) is 5.26. The maximum Gasteiger partial charge on any atom is 0.239 e. The van der Waals surface area contributed by atoms with Gasteiger partial charge in [-0.25, -0.2) is 0 Å². The van der Waals surface area contributed by atoms with E-state index in [9.17, 15) is 4.79 Å². The molecule has 0 unspecified atom stereocenters. The summed E-state index contributed by atoms with van der Waals surface area (Å²) in [6.07, 6.45) is 3.33. The van der Waals surface area contributed by atoms with Gasteiger partial charge in [-0.15, -0.1) is 12.4 Å². The number of hydrogen-bond donors (Lipinski definition) is 1. The lowest BCUT2D eigenvalue weighted by Crippen LogP contribution is -2.47. The van der Waals surface area contributed by atoms with Gasteiger partial charge in [0.15, 0.2) is 0 Å². The van der Waals surface area contributed by atoms with E-state index in [1.54, 1.807) is 18.3 Å². The maximum atomic E-state index is 13.3. The highest BCUT2D eigenvalue weighted by molar-refractivity contribution is 6.35. The molecule has 4 rings (SSSR count). The molecule has 0 aliphatic carbocycles. The summed E-state index contributed by atoms with van der Waals surface area (Å²) in [5, 5.41) is 4.50. The fraction of sp³-hybridized carbons (Fsp3) is 0.333. The van der Waals surface area contributed by atoms with Crippen molar-refractivity contribution in [3.8, 4) is 0 Å². The summed E-state index contributed by atoms with van der Waals surface area (Å²) >= 11 is 12.3. The van der Waals surface area contributed by atoms with Gasteiger partial charge in [-0.2, -0.15) is 0 Å². The van der Waals surface area contributed by atoms with Gasteiger partial charge in [0.25, 0.3) is 0 Å². The molecule has 1 amide bonds. The van der Waals surface area contributed by atoms with Crippen molar-refractivity contribution in [1.82, 2.24) is 10.3 Å². The van der Waals surface area contributed by atoms with Crippen molar-refractivity contribution in [3.05, 3.63) is 57.8 Å². The Bertz CT molecular complexity index is 806. The van der Waals surface area contributed by atoms with Crippen LogP contribution in [0, 0.1) is 0 Å². The second kappa shape index (κ2) is 7.12. The third-order valence-corrected chi connectivity index (χ3v) is 5.57.